The normalized spacial score (nSPS) is 15.4. The Morgan fingerprint density at radius 1 is 1.07 bits per heavy atom. The molecular formula is C23H19F2N3O2. The summed E-state index contributed by atoms with van der Waals surface area (Å²) in [6, 6.07) is 17.2. The standard InChI is InChI=1S/C23H19F2N3O2/c24-18-8-5-7-16(12-18)23(29)28(14-17-6-1-2-9-20(17)25)15-19-13-22(27-30-19)21-10-3-4-11-26-21/h1-12,19H,13-15H2/t19-/m0/s1. The van der Waals surface area contributed by atoms with Gasteiger partial charge in [0.05, 0.1) is 12.2 Å². The van der Waals surface area contributed by atoms with Gasteiger partial charge in [0.15, 0.2) is 6.10 Å². The van der Waals surface area contributed by atoms with Crippen molar-refractivity contribution in [2.45, 2.75) is 19.1 Å². The Morgan fingerprint density at radius 3 is 2.67 bits per heavy atom. The van der Waals surface area contributed by atoms with Gasteiger partial charge in [-0.3, -0.25) is 9.78 Å². The molecule has 3 aromatic rings. The van der Waals surface area contributed by atoms with E-state index in [9.17, 15) is 13.6 Å². The van der Waals surface area contributed by atoms with Crippen LogP contribution in [0.3, 0.4) is 0 Å². The Labute approximate surface area is 172 Å². The van der Waals surface area contributed by atoms with E-state index in [1.54, 1.807) is 24.4 Å². The second-order valence-electron chi connectivity index (χ2n) is 6.97. The summed E-state index contributed by atoms with van der Waals surface area (Å²) >= 11 is 0. The zero-order chi connectivity index (χ0) is 20.9. The molecule has 0 saturated heterocycles. The first-order valence-corrected chi connectivity index (χ1v) is 9.52. The van der Waals surface area contributed by atoms with Crippen LogP contribution < -0.4 is 0 Å². The zero-order valence-corrected chi connectivity index (χ0v) is 16.0. The third kappa shape index (κ3) is 4.51. The number of oxime groups is 1. The highest BCUT2D eigenvalue weighted by Gasteiger charge is 2.28. The Balaban J connectivity index is 1.53. The zero-order valence-electron chi connectivity index (χ0n) is 16.0. The summed E-state index contributed by atoms with van der Waals surface area (Å²) in [5, 5.41) is 4.09. The molecule has 1 atom stereocenters. The molecule has 2 aromatic carbocycles. The molecule has 0 aliphatic carbocycles. The van der Waals surface area contributed by atoms with Gasteiger partial charge in [0, 0.05) is 30.3 Å². The predicted octanol–water partition coefficient (Wildman–Crippen LogP) is 4.20. The van der Waals surface area contributed by atoms with Crippen molar-refractivity contribution in [2.24, 2.45) is 5.16 Å². The van der Waals surface area contributed by atoms with Crippen LogP contribution in [0, 0.1) is 11.6 Å². The number of hydrogen-bond acceptors (Lipinski definition) is 4. The first-order chi connectivity index (χ1) is 14.6. The maximum absolute atomic E-state index is 14.2. The quantitative estimate of drug-likeness (QED) is 0.616. The lowest BCUT2D eigenvalue weighted by atomic mass is 10.1. The first kappa shape index (κ1) is 19.7. The van der Waals surface area contributed by atoms with Crippen LogP contribution in [0.25, 0.3) is 0 Å². The molecule has 152 valence electrons. The number of nitrogens with zero attached hydrogens (tertiary/aromatic N) is 3. The van der Waals surface area contributed by atoms with Crippen molar-refractivity contribution < 1.29 is 18.4 Å². The van der Waals surface area contributed by atoms with E-state index in [0.717, 1.165) is 0 Å². The molecule has 5 nitrogen and oxygen atoms in total. The first-order valence-electron chi connectivity index (χ1n) is 9.52. The van der Waals surface area contributed by atoms with Gasteiger partial charge in [-0.15, -0.1) is 0 Å². The van der Waals surface area contributed by atoms with Crippen molar-refractivity contribution in [1.29, 1.82) is 0 Å². The predicted molar refractivity (Wildman–Crippen MR) is 108 cm³/mol. The second kappa shape index (κ2) is 8.82. The van der Waals surface area contributed by atoms with Crippen molar-refractivity contribution >= 4 is 11.6 Å². The van der Waals surface area contributed by atoms with Crippen molar-refractivity contribution in [3.05, 3.63) is 101 Å². The van der Waals surface area contributed by atoms with Crippen LogP contribution >= 0.6 is 0 Å². The molecule has 1 aliphatic rings. The number of pyridine rings is 1. The number of amides is 1. The smallest absolute Gasteiger partial charge is 0.254 e. The summed E-state index contributed by atoms with van der Waals surface area (Å²) in [5.41, 5.74) is 1.95. The van der Waals surface area contributed by atoms with Crippen LogP contribution in [0.4, 0.5) is 8.78 Å². The maximum Gasteiger partial charge on any atom is 0.254 e. The molecule has 0 bridgehead atoms. The van der Waals surface area contributed by atoms with Gasteiger partial charge in [0.1, 0.15) is 17.3 Å². The van der Waals surface area contributed by atoms with E-state index in [1.165, 1.54) is 35.2 Å². The fourth-order valence-corrected chi connectivity index (χ4v) is 3.31. The average Bonchev–Trinajstić information content (AvgIpc) is 3.23. The minimum absolute atomic E-state index is 0.0286. The second-order valence-corrected chi connectivity index (χ2v) is 6.97. The highest BCUT2D eigenvalue weighted by molar-refractivity contribution is 5.99. The molecule has 1 aromatic heterocycles. The van der Waals surface area contributed by atoms with E-state index in [-0.39, 0.29) is 18.7 Å². The number of hydrogen-bond donors (Lipinski definition) is 0. The van der Waals surface area contributed by atoms with Crippen molar-refractivity contribution in [2.75, 3.05) is 6.54 Å². The summed E-state index contributed by atoms with van der Waals surface area (Å²) < 4.78 is 27.9. The number of aromatic nitrogens is 1. The molecule has 0 radical (unpaired) electrons. The average molecular weight is 407 g/mol. The lowest BCUT2D eigenvalue weighted by molar-refractivity contribution is 0.0402. The molecule has 1 amide bonds. The highest BCUT2D eigenvalue weighted by Crippen LogP contribution is 2.20. The third-order valence-electron chi connectivity index (χ3n) is 4.80. The minimum atomic E-state index is -0.510. The fraction of sp³-hybridized carbons (Fsp3) is 0.174. The van der Waals surface area contributed by atoms with Gasteiger partial charge in [-0.05, 0) is 36.4 Å². The van der Waals surface area contributed by atoms with Gasteiger partial charge in [-0.25, -0.2) is 8.78 Å². The third-order valence-corrected chi connectivity index (χ3v) is 4.80. The Morgan fingerprint density at radius 2 is 1.90 bits per heavy atom. The fourth-order valence-electron chi connectivity index (χ4n) is 3.31. The monoisotopic (exact) mass is 407 g/mol. The Bertz CT molecular complexity index is 1070. The Kier molecular flexibility index (Phi) is 5.79. The van der Waals surface area contributed by atoms with Crippen LogP contribution in [0.1, 0.15) is 28.0 Å². The van der Waals surface area contributed by atoms with Gasteiger partial charge in [-0.1, -0.05) is 35.5 Å². The van der Waals surface area contributed by atoms with Crippen LogP contribution in [0.2, 0.25) is 0 Å². The van der Waals surface area contributed by atoms with Gasteiger partial charge < -0.3 is 9.74 Å². The molecular weight excluding hydrogens is 388 g/mol. The molecule has 2 heterocycles. The van der Waals surface area contributed by atoms with Crippen molar-refractivity contribution in [1.82, 2.24) is 9.88 Å². The lowest BCUT2D eigenvalue weighted by Crippen LogP contribution is -2.37. The number of carbonyl (C=O) groups excluding carboxylic acids is 1. The molecule has 1 aliphatic heterocycles. The van der Waals surface area contributed by atoms with Gasteiger partial charge in [0.25, 0.3) is 5.91 Å². The summed E-state index contributed by atoms with van der Waals surface area (Å²) in [6.07, 6.45) is 1.72. The summed E-state index contributed by atoms with van der Waals surface area (Å²) in [4.78, 5) is 24.3. The van der Waals surface area contributed by atoms with E-state index < -0.39 is 23.6 Å². The molecule has 0 unspecified atom stereocenters. The molecule has 7 heteroatoms. The van der Waals surface area contributed by atoms with E-state index in [1.807, 2.05) is 18.2 Å². The number of benzene rings is 2. The van der Waals surface area contributed by atoms with E-state index in [2.05, 4.69) is 10.1 Å². The van der Waals surface area contributed by atoms with Crippen LogP contribution in [-0.2, 0) is 11.4 Å². The van der Waals surface area contributed by atoms with E-state index in [4.69, 9.17) is 4.84 Å². The summed E-state index contributed by atoms with van der Waals surface area (Å²) in [6.45, 7) is 0.199. The molecule has 0 fully saturated rings. The van der Waals surface area contributed by atoms with Crippen molar-refractivity contribution in [3.63, 3.8) is 0 Å². The van der Waals surface area contributed by atoms with Crippen LogP contribution in [-0.4, -0.2) is 34.2 Å². The van der Waals surface area contributed by atoms with Crippen molar-refractivity contribution in [3.8, 4) is 0 Å². The van der Waals surface area contributed by atoms with Gasteiger partial charge in [0.2, 0.25) is 0 Å². The Hall–Kier alpha value is -3.61. The highest BCUT2D eigenvalue weighted by atomic mass is 19.1. The summed E-state index contributed by atoms with van der Waals surface area (Å²) in [7, 11) is 0. The number of rotatable bonds is 6. The molecule has 4 rings (SSSR count). The number of halogens is 2. The SMILES string of the molecule is O=C(c1cccc(F)c1)N(Cc1ccccc1F)C[C@@H]1CC(c2ccccn2)=NO1. The molecule has 0 N–H and O–H groups in total. The maximum atomic E-state index is 14.2. The lowest BCUT2D eigenvalue weighted by Gasteiger charge is -2.25. The van der Waals surface area contributed by atoms with E-state index in [0.29, 0.717) is 23.4 Å². The van der Waals surface area contributed by atoms with Gasteiger partial charge in [-0.2, -0.15) is 0 Å². The molecule has 30 heavy (non-hydrogen) atoms. The van der Waals surface area contributed by atoms with Crippen LogP contribution in [0.5, 0.6) is 0 Å². The molecule has 0 saturated carbocycles. The summed E-state index contributed by atoms with van der Waals surface area (Å²) in [5.74, 6) is -1.33. The van der Waals surface area contributed by atoms with E-state index >= 15 is 0 Å². The van der Waals surface area contributed by atoms with Gasteiger partial charge >= 0.3 is 0 Å². The van der Waals surface area contributed by atoms with Crippen LogP contribution in [0.15, 0.2) is 78.1 Å². The number of carbonyl (C=O) groups is 1. The minimum Gasteiger partial charge on any atom is -0.390 e. The molecule has 0 spiro atoms. The topological polar surface area (TPSA) is 54.8 Å². The largest absolute Gasteiger partial charge is 0.390 e.